The minimum absolute atomic E-state index is 0.0173. The van der Waals surface area contributed by atoms with Crippen LogP contribution < -0.4 is 11.3 Å². The molecule has 9 heteroatoms. The summed E-state index contributed by atoms with van der Waals surface area (Å²) in [7, 11) is 0. The molecule has 2 aliphatic rings. The predicted octanol–water partition coefficient (Wildman–Crippen LogP) is 1.99. The van der Waals surface area contributed by atoms with Crippen molar-refractivity contribution in [1.29, 1.82) is 0 Å². The third-order valence-corrected chi connectivity index (χ3v) is 5.01. The number of nitrogens with zero attached hydrogens (tertiary/aromatic N) is 3. The van der Waals surface area contributed by atoms with Gasteiger partial charge < -0.3 is 19.9 Å². The molecule has 0 spiro atoms. The zero-order valence-electron chi connectivity index (χ0n) is 17.3. The highest BCUT2D eigenvalue weighted by Crippen LogP contribution is 2.52. The third-order valence-electron chi connectivity index (χ3n) is 5.01. The standard InChI is InChI=1S/C19H29N5O4/c1-17(2,3)7-19-8-26-11(12(19)27-18(4,5)6)15(28-19)24-9-21-10-13(24)22-16(20)23-14(10)25/h9,11-12,15H,7-8H2,1-6H3,(H3,20,22,23,25)/t11?,12-,15-,19+/m1/s1. The molecule has 2 aromatic heterocycles. The van der Waals surface area contributed by atoms with Crippen LogP contribution in [0.3, 0.4) is 0 Å². The Morgan fingerprint density at radius 3 is 2.71 bits per heavy atom. The van der Waals surface area contributed by atoms with E-state index in [1.54, 1.807) is 10.9 Å². The number of aromatic amines is 1. The fourth-order valence-electron chi connectivity index (χ4n) is 4.34. The Bertz CT molecular complexity index is 954. The lowest BCUT2D eigenvalue weighted by atomic mass is 9.80. The van der Waals surface area contributed by atoms with Crippen molar-refractivity contribution in [2.24, 2.45) is 5.41 Å². The number of H-pyrrole nitrogens is 1. The Morgan fingerprint density at radius 2 is 2.07 bits per heavy atom. The average molecular weight is 391 g/mol. The van der Waals surface area contributed by atoms with Gasteiger partial charge in [-0.1, -0.05) is 20.8 Å². The van der Waals surface area contributed by atoms with Crippen molar-refractivity contribution in [3.05, 3.63) is 16.7 Å². The van der Waals surface area contributed by atoms with E-state index in [-0.39, 0.29) is 40.2 Å². The molecule has 2 saturated heterocycles. The first-order valence-corrected chi connectivity index (χ1v) is 9.58. The summed E-state index contributed by atoms with van der Waals surface area (Å²) in [6.07, 6.45) is 1.26. The number of imidazole rings is 1. The molecule has 4 rings (SSSR count). The van der Waals surface area contributed by atoms with Gasteiger partial charge in [0.2, 0.25) is 5.95 Å². The summed E-state index contributed by atoms with van der Waals surface area (Å²) >= 11 is 0. The van der Waals surface area contributed by atoms with Crippen LogP contribution in [-0.2, 0) is 14.2 Å². The quantitative estimate of drug-likeness (QED) is 0.821. The van der Waals surface area contributed by atoms with Gasteiger partial charge in [0.25, 0.3) is 5.56 Å². The van der Waals surface area contributed by atoms with Crippen molar-refractivity contribution in [3.63, 3.8) is 0 Å². The molecule has 9 nitrogen and oxygen atoms in total. The summed E-state index contributed by atoms with van der Waals surface area (Å²) in [5.41, 5.74) is 5.05. The lowest BCUT2D eigenvalue weighted by Gasteiger charge is -2.38. The van der Waals surface area contributed by atoms with E-state index in [2.05, 4.69) is 35.7 Å². The zero-order chi connectivity index (χ0) is 20.5. The lowest BCUT2D eigenvalue weighted by Crippen LogP contribution is -2.47. The van der Waals surface area contributed by atoms with Gasteiger partial charge in [0.05, 0.1) is 18.5 Å². The topological polar surface area (TPSA) is 117 Å². The van der Waals surface area contributed by atoms with Crippen LogP contribution >= 0.6 is 0 Å². The van der Waals surface area contributed by atoms with Crippen LogP contribution in [0.25, 0.3) is 11.2 Å². The molecular weight excluding hydrogens is 362 g/mol. The molecular formula is C19H29N5O4. The van der Waals surface area contributed by atoms with Crippen molar-refractivity contribution in [1.82, 2.24) is 19.5 Å². The van der Waals surface area contributed by atoms with E-state index in [0.29, 0.717) is 12.3 Å². The number of nitrogens with one attached hydrogen (secondary N) is 1. The van der Waals surface area contributed by atoms with Crippen molar-refractivity contribution < 1.29 is 14.2 Å². The van der Waals surface area contributed by atoms with Crippen molar-refractivity contribution in [2.75, 3.05) is 12.3 Å². The van der Waals surface area contributed by atoms with Crippen molar-refractivity contribution in [3.8, 4) is 0 Å². The summed E-state index contributed by atoms with van der Waals surface area (Å²) in [6.45, 7) is 13.1. The fraction of sp³-hybridized carbons (Fsp3) is 0.737. The van der Waals surface area contributed by atoms with E-state index in [4.69, 9.17) is 19.9 Å². The van der Waals surface area contributed by atoms with Crippen LogP contribution in [0.4, 0.5) is 5.95 Å². The van der Waals surface area contributed by atoms with E-state index in [0.717, 1.165) is 6.42 Å². The Morgan fingerprint density at radius 1 is 1.36 bits per heavy atom. The number of anilines is 1. The largest absolute Gasteiger partial charge is 0.369 e. The molecule has 0 radical (unpaired) electrons. The second kappa shape index (κ2) is 6.01. The van der Waals surface area contributed by atoms with Gasteiger partial charge >= 0.3 is 0 Å². The van der Waals surface area contributed by atoms with Gasteiger partial charge in [-0.25, -0.2) is 4.98 Å². The summed E-state index contributed by atoms with van der Waals surface area (Å²) in [5.74, 6) is 0.0372. The smallest absolute Gasteiger partial charge is 0.280 e. The van der Waals surface area contributed by atoms with E-state index in [1.165, 1.54) is 0 Å². The summed E-state index contributed by atoms with van der Waals surface area (Å²) in [6, 6.07) is 0. The van der Waals surface area contributed by atoms with Gasteiger partial charge in [0, 0.05) is 0 Å². The van der Waals surface area contributed by atoms with Crippen molar-refractivity contribution in [2.45, 2.75) is 77.6 Å². The molecule has 28 heavy (non-hydrogen) atoms. The highest BCUT2D eigenvalue weighted by molar-refractivity contribution is 5.70. The summed E-state index contributed by atoms with van der Waals surface area (Å²) < 4.78 is 20.9. The number of hydrogen-bond donors (Lipinski definition) is 2. The second-order valence-electron chi connectivity index (χ2n) is 10.0. The number of aromatic nitrogens is 4. The molecule has 2 bridgehead atoms. The van der Waals surface area contributed by atoms with Gasteiger partial charge in [-0.05, 0) is 32.6 Å². The molecule has 0 amide bonds. The monoisotopic (exact) mass is 391 g/mol. The van der Waals surface area contributed by atoms with Gasteiger partial charge in [-0.2, -0.15) is 4.98 Å². The molecule has 0 aliphatic carbocycles. The molecule has 0 aromatic carbocycles. The zero-order valence-corrected chi connectivity index (χ0v) is 17.3. The van der Waals surface area contributed by atoms with Crippen LogP contribution in [-0.4, -0.2) is 49.5 Å². The molecule has 154 valence electrons. The first-order valence-electron chi connectivity index (χ1n) is 9.58. The van der Waals surface area contributed by atoms with E-state index >= 15 is 0 Å². The number of fused-ring (bicyclic) bond motifs is 3. The highest BCUT2D eigenvalue weighted by Gasteiger charge is 2.64. The molecule has 2 aromatic rings. The average Bonchev–Trinajstić information content (AvgIpc) is 3.14. The molecule has 4 heterocycles. The Hall–Kier alpha value is -1.97. The van der Waals surface area contributed by atoms with E-state index < -0.39 is 11.8 Å². The number of ether oxygens (including phenoxy) is 3. The SMILES string of the molecule is CC(C)(C)C[C@@]12COC([C@H](n3cnc4c(=O)[nH]c(N)nc43)O1)[C@H]2OC(C)(C)C. The minimum atomic E-state index is -0.579. The van der Waals surface area contributed by atoms with Gasteiger partial charge in [0.15, 0.2) is 17.4 Å². The maximum Gasteiger partial charge on any atom is 0.280 e. The second-order valence-corrected chi connectivity index (χ2v) is 10.0. The third kappa shape index (κ3) is 3.21. The molecule has 3 N–H and O–H groups in total. The molecule has 2 fully saturated rings. The Balaban J connectivity index is 1.78. The van der Waals surface area contributed by atoms with E-state index in [1.807, 2.05) is 20.8 Å². The molecule has 1 unspecified atom stereocenters. The normalized spacial score (nSPS) is 30.4. The van der Waals surface area contributed by atoms with E-state index in [9.17, 15) is 4.79 Å². The summed E-state index contributed by atoms with van der Waals surface area (Å²) in [4.78, 5) is 23.1. The van der Waals surface area contributed by atoms with Crippen LogP contribution in [0.15, 0.2) is 11.1 Å². The molecule has 2 aliphatic heterocycles. The van der Waals surface area contributed by atoms with Gasteiger partial charge in [-0.3, -0.25) is 14.3 Å². The Labute approximate surface area is 163 Å². The van der Waals surface area contributed by atoms with Crippen LogP contribution in [0.5, 0.6) is 0 Å². The van der Waals surface area contributed by atoms with Gasteiger partial charge in [0.1, 0.15) is 17.8 Å². The van der Waals surface area contributed by atoms with Crippen LogP contribution in [0.2, 0.25) is 0 Å². The first kappa shape index (κ1) is 19.4. The predicted molar refractivity (Wildman–Crippen MR) is 104 cm³/mol. The van der Waals surface area contributed by atoms with Crippen molar-refractivity contribution >= 4 is 17.1 Å². The maximum absolute atomic E-state index is 12.1. The van der Waals surface area contributed by atoms with Crippen LogP contribution in [0.1, 0.15) is 54.2 Å². The Kier molecular flexibility index (Phi) is 4.16. The molecule has 0 saturated carbocycles. The van der Waals surface area contributed by atoms with Gasteiger partial charge in [-0.15, -0.1) is 0 Å². The molecule has 4 atom stereocenters. The fourth-order valence-corrected chi connectivity index (χ4v) is 4.34. The first-order chi connectivity index (χ1) is 12.9. The van der Waals surface area contributed by atoms with Crippen LogP contribution in [0, 0.1) is 5.41 Å². The minimum Gasteiger partial charge on any atom is -0.369 e. The number of rotatable bonds is 3. The highest BCUT2D eigenvalue weighted by atomic mass is 16.7. The summed E-state index contributed by atoms with van der Waals surface area (Å²) in [5, 5.41) is 0. The number of nitrogen functional groups attached to an aromatic ring is 1. The lowest BCUT2D eigenvalue weighted by molar-refractivity contribution is -0.187. The number of nitrogens with two attached hydrogens (primary N) is 1. The maximum atomic E-state index is 12.1. The number of hydrogen-bond acceptors (Lipinski definition) is 7.